The van der Waals surface area contributed by atoms with Gasteiger partial charge in [0, 0.05) is 20.0 Å². The molecule has 4 heteroatoms. The molecule has 1 unspecified atom stereocenters. The van der Waals surface area contributed by atoms with E-state index >= 15 is 0 Å². The molecule has 1 saturated carbocycles. The third-order valence-electron chi connectivity index (χ3n) is 4.67. The number of nitrogens with one attached hydrogen (secondary N) is 1. The zero-order valence-electron chi connectivity index (χ0n) is 12.2. The largest absolute Gasteiger partial charge is 0.387 e. The van der Waals surface area contributed by atoms with Crippen molar-refractivity contribution in [3.63, 3.8) is 0 Å². The number of aliphatic hydroxyl groups is 1. The number of hydrogen-bond acceptors (Lipinski definition) is 3. The molecule has 1 heterocycles. The van der Waals surface area contributed by atoms with Crippen LogP contribution in [0.1, 0.15) is 51.4 Å². The minimum Gasteiger partial charge on any atom is -0.387 e. The number of nitrogens with zero attached hydrogens (tertiary/aromatic N) is 1. The summed E-state index contributed by atoms with van der Waals surface area (Å²) in [7, 11) is 1.82. The third kappa shape index (κ3) is 4.46. The molecular weight excluding hydrogens is 240 g/mol. The summed E-state index contributed by atoms with van der Waals surface area (Å²) >= 11 is 0. The Morgan fingerprint density at radius 1 is 1.37 bits per heavy atom. The Balaban J connectivity index is 1.69. The van der Waals surface area contributed by atoms with E-state index in [1.807, 2.05) is 7.05 Å². The summed E-state index contributed by atoms with van der Waals surface area (Å²) in [5.74, 6) is 0.938. The molecule has 2 rings (SSSR count). The maximum absolute atomic E-state index is 12.1. The van der Waals surface area contributed by atoms with Crippen LogP contribution in [-0.4, -0.2) is 48.2 Å². The number of likely N-dealkylation sites (N-methyl/N-ethyl adjacent to an activating group) is 1. The van der Waals surface area contributed by atoms with E-state index in [2.05, 4.69) is 5.32 Å². The lowest BCUT2D eigenvalue weighted by Crippen LogP contribution is -2.45. The molecule has 1 saturated heterocycles. The van der Waals surface area contributed by atoms with Gasteiger partial charge in [-0.25, -0.2) is 0 Å². The van der Waals surface area contributed by atoms with E-state index in [4.69, 9.17) is 0 Å². The molecule has 1 amide bonds. The Hall–Kier alpha value is -0.610. The SMILES string of the molecule is CN(CC1(O)CCNC1)C(=O)CCC1CCCCC1. The quantitative estimate of drug-likeness (QED) is 0.795. The van der Waals surface area contributed by atoms with E-state index in [-0.39, 0.29) is 5.91 Å². The van der Waals surface area contributed by atoms with Crippen molar-refractivity contribution in [3.05, 3.63) is 0 Å². The second-order valence-electron chi connectivity index (χ2n) is 6.44. The number of hydrogen-bond donors (Lipinski definition) is 2. The average molecular weight is 268 g/mol. The Labute approximate surface area is 116 Å². The minimum atomic E-state index is -0.713. The molecule has 1 atom stereocenters. The van der Waals surface area contributed by atoms with Crippen molar-refractivity contribution in [2.75, 3.05) is 26.7 Å². The number of β-amino-alcohol motifs (C(OH)–C–C–N with tert-alkyl or cyclic N) is 1. The molecule has 19 heavy (non-hydrogen) atoms. The summed E-state index contributed by atoms with van der Waals surface area (Å²) in [5, 5.41) is 13.4. The molecule has 110 valence electrons. The molecule has 0 aromatic heterocycles. The summed E-state index contributed by atoms with van der Waals surface area (Å²) in [6.07, 6.45) is 9.04. The maximum atomic E-state index is 12.1. The predicted octanol–water partition coefficient (Wildman–Crippen LogP) is 1.53. The number of carbonyl (C=O) groups excluding carboxylic acids is 1. The first-order valence-electron chi connectivity index (χ1n) is 7.76. The fourth-order valence-corrected chi connectivity index (χ4v) is 3.39. The zero-order valence-corrected chi connectivity index (χ0v) is 12.2. The summed E-state index contributed by atoms with van der Waals surface area (Å²) < 4.78 is 0. The van der Waals surface area contributed by atoms with Gasteiger partial charge in [-0.3, -0.25) is 4.79 Å². The topological polar surface area (TPSA) is 52.6 Å². The first-order chi connectivity index (χ1) is 9.09. The molecule has 1 aliphatic heterocycles. The van der Waals surface area contributed by atoms with Crippen molar-refractivity contribution >= 4 is 5.91 Å². The highest BCUT2D eigenvalue weighted by atomic mass is 16.3. The predicted molar refractivity (Wildman–Crippen MR) is 75.9 cm³/mol. The van der Waals surface area contributed by atoms with Gasteiger partial charge in [0.2, 0.25) is 5.91 Å². The van der Waals surface area contributed by atoms with Crippen LogP contribution in [0.5, 0.6) is 0 Å². The van der Waals surface area contributed by atoms with Crippen LogP contribution in [0, 0.1) is 5.92 Å². The van der Waals surface area contributed by atoms with Crippen molar-refractivity contribution in [3.8, 4) is 0 Å². The van der Waals surface area contributed by atoms with E-state index in [0.29, 0.717) is 19.5 Å². The molecule has 2 aliphatic rings. The van der Waals surface area contributed by atoms with Gasteiger partial charge in [0.15, 0.2) is 0 Å². The number of rotatable bonds is 5. The summed E-state index contributed by atoms with van der Waals surface area (Å²) in [6.45, 7) is 1.91. The van der Waals surface area contributed by atoms with E-state index in [9.17, 15) is 9.90 Å². The fourth-order valence-electron chi connectivity index (χ4n) is 3.39. The highest BCUT2D eigenvalue weighted by Crippen LogP contribution is 2.27. The summed E-state index contributed by atoms with van der Waals surface area (Å²) in [5.41, 5.74) is -0.713. The van der Waals surface area contributed by atoms with Crippen molar-refractivity contribution in [1.29, 1.82) is 0 Å². The Morgan fingerprint density at radius 2 is 2.11 bits per heavy atom. The molecule has 0 spiro atoms. The lowest BCUT2D eigenvalue weighted by Gasteiger charge is -2.29. The molecule has 0 radical (unpaired) electrons. The lowest BCUT2D eigenvalue weighted by atomic mass is 9.86. The van der Waals surface area contributed by atoms with Gasteiger partial charge in [-0.2, -0.15) is 0 Å². The molecule has 0 bridgehead atoms. The lowest BCUT2D eigenvalue weighted by molar-refractivity contribution is -0.133. The zero-order chi connectivity index (χ0) is 13.7. The van der Waals surface area contributed by atoms with Crippen molar-refractivity contribution in [2.24, 2.45) is 5.92 Å². The molecular formula is C15H28N2O2. The van der Waals surface area contributed by atoms with Crippen molar-refractivity contribution < 1.29 is 9.90 Å². The summed E-state index contributed by atoms with van der Waals surface area (Å²) in [6, 6.07) is 0. The standard InChI is InChI=1S/C15H28N2O2/c1-17(12-15(19)9-10-16-11-15)14(18)8-7-13-5-3-2-4-6-13/h13,16,19H,2-12H2,1H3. The van der Waals surface area contributed by atoms with E-state index < -0.39 is 5.60 Å². The van der Waals surface area contributed by atoms with Crippen LogP contribution < -0.4 is 5.32 Å². The van der Waals surface area contributed by atoms with Crippen LogP contribution in [0.25, 0.3) is 0 Å². The smallest absolute Gasteiger partial charge is 0.222 e. The second kappa shape index (κ2) is 6.71. The molecule has 0 aromatic rings. The van der Waals surface area contributed by atoms with Gasteiger partial charge >= 0.3 is 0 Å². The fraction of sp³-hybridized carbons (Fsp3) is 0.933. The molecule has 2 fully saturated rings. The van der Waals surface area contributed by atoms with Crippen molar-refractivity contribution in [2.45, 2.75) is 57.0 Å². The first-order valence-corrected chi connectivity index (χ1v) is 7.76. The second-order valence-corrected chi connectivity index (χ2v) is 6.44. The van der Waals surface area contributed by atoms with E-state index in [0.717, 1.165) is 25.3 Å². The van der Waals surface area contributed by atoms with Gasteiger partial charge in [-0.15, -0.1) is 0 Å². The van der Waals surface area contributed by atoms with E-state index in [1.54, 1.807) is 4.90 Å². The number of carbonyl (C=O) groups is 1. The van der Waals surface area contributed by atoms with Crippen LogP contribution >= 0.6 is 0 Å². The molecule has 2 N–H and O–H groups in total. The van der Waals surface area contributed by atoms with Gasteiger partial charge in [0.25, 0.3) is 0 Å². The Bertz CT molecular complexity index is 295. The van der Waals surface area contributed by atoms with Crippen LogP contribution in [0.15, 0.2) is 0 Å². The molecule has 4 nitrogen and oxygen atoms in total. The van der Waals surface area contributed by atoms with Gasteiger partial charge in [-0.05, 0) is 25.3 Å². The monoisotopic (exact) mass is 268 g/mol. The number of amides is 1. The Kier molecular flexibility index (Phi) is 5.22. The normalized spacial score (nSPS) is 28.5. The minimum absolute atomic E-state index is 0.186. The highest BCUT2D eigenvalue weighted by Gasteiger charge is 2.33. The van der Waals surface area contributed by atoms with Crippen LogP contribution in [-0.2, 0) is 4.79 Å². The average Bonchev–Trinajstić information content (AvgIpc) is 2.83. The van der Waals surface area contributed by atoms with E-state index in [1.165, 1.54) is 32.1 Å². The Morgan fingerprint density at radius 3 is 2.74 bits per heavy atom. The van der Waals surface area contributed by atoms with Crippen LogP contribution in [0.2, 0.25) is 0 Å². The van der Waals surface area contributed by atoms with Gasteiger partial charge in [-0.1, -0.05) is 32.1 Å². The maximum Gasteiger partial charge on any atom is 0.222 e. The van der Waals surface area contributed by atoms with Gasteiger partial charge in [0.05, 0.1) is 12.1 Å². The highest BCUT2D eigenvalue weighted by molar-refractivity contribution is 5.75. The van der Waals surface area contributed by atoms with Gasteiger partial charge in [0.1, 0.15) is 0 Å². The molecule has 1 aliphatic carbocycles. The van der Waals surface area contributed by atoms with Crippen LogP contribution in [0.4, 0.5) is 0 Å². The van der Waals surface area contributed by atoms with Gasteiger partial charge < -0.3 is 15.3 Å². The van der Waals surface area contributed by atoms with Crippen LogP contribution in [0.3, 0.4) is 0 Å². The first kappa shape index (κ1) is 14.8. The summed E-state index contributed by atoms with van der Waals surface area (Å²) in [4.78, 5) is 13.8. The molecule has 0 aromatic carbocycles. The third-order valence-corrected chi connectivity index (χ3v) is 4.67. The van der Waals surface area contributed by atoms with Crippen molar-refractivity contribution in [1.82, 2.24) is 10.2 Å².